The summed E-state index contributed by atoms with van der Waals surface area (Å²) < 4.78 is 16.1. The molecule has 0 aliphatic carbocycles. The highest BCUT2D eigenvalue weighted by molar-refractivity contribution is 5.83. The van der Waals surface area contributed by atoms with Crippen LogP contribution in [0.1, 0.15) is 65.8 Å². The number of carbonyl (C=O) groups is 2. The van der Waals surface area contributed by atoms with Gasteiger partial charge in [0.1, 0.15) is 11.4 Å². The van der Waals surface area contributed by atoms with Gasteiger partial charge in [-0.2, -0.15) is 0 Å². The molecule has 1 atom stereocenters. The Morgan fingerprint density at radius 1 is 0.756 bits per heavy atom. The first kappa shape index (κ1) is 30.0. The summed E-state index contributed by atoms with van der Waals surface area (Å²) >= 11 is 0. The quantitative estimate of drug-likeness (QED) is 0.362. The summed E-state index contributed by atoms with van der Waals surface area (Å²) in [5, 5.41) is 2.59. The largest absolute Gasteiger partial charge is 0.494 e. The number of carbonyl (C=O) groups excluding carboxylic acids is 2. The number of hydrogen-bond donors (Lipinski definition) is 1. The lowest BCUT2D eigenvalue weighted by Gasteiger charge is -2.23. The average molecular weight is 544 g/mol. The van der Waals surface area contributed by atoms with Gasteiger partial charge >= 0.3 is 12.1 Å². The fraction of sp³-hybridized carbons (Fsp3) is 0.200. The predicted molar refractivity (Wildman–Crippen MR) is 158 cm³/mol. The highest BCUT2D eigenvalue weighted by atomic mass is 16.6. The van der Waals surface area contributed by atoms with Crippen LogP contribution in [0.2, 0.25) is 0 Å². The molecule has 3 rings (SSSR count). The van der Waals surface area contributed by atoms with E-state index in [1.54, 1.807) is 81.4 Å². The van der Waals surface area contributed by atoms with Gasteiger partial charge in [0.05, 0.1) is 25.3 Å². The van der Waals surface area contributed by atoms with E-state index in [-0.39, 0.29) is 0 Å². The minimum atomic E-state index is -1.20. The van der Waals surface area contributed by atoms with E-state index in [2.05, 4.69) is 40.8 Å². The maximum absolute atomic E-state index is 12.8. The lowest BCUT2D eigenvalue weighted by atomic mass is 9.98. The van der Waals surface area contributed by atoms with E-state index in [1.165, 1.54) is 14.2 Å². The van der Waals surface area contributed by atoms with Crippen molar-refractivity contribution in [3.63, 3.8) is 0 Å². The van der Waals surface area contributed by atoms with Gasteiger partial charge < -0.3 is 19.5 Å². The number of benzene rings is 3. The third-order valence-corrected chi connectivity index (χ3v) is 5.53. The molecule has 0 aliphatic rings. The van der Waals surface area contributed by atoms with Crippen LogP contribution >= 0.6 is 0 Å². The number of alkyl carbamates (subject to hydrolysis) is 1. The highest BCUT2D eigenvalue weighted by Crippen LogP contribution is 2.29. The monoisotopic (exact) mass is 543 g/mol. The van der Waals surface area contributed by atoms with Crippen molar-refractivity contribution in [1.29, 1.82) is 0 Å². The van der Waals surface area contributed by atoms with Crippen LogP contribution in [0.25, 0.3) is 0 Å². The summed E-state index contributed by atoms with van der Waals surface area (Å²) in [4.78, 5) is 25.5. The van der Waals surface area contributed by atoms with Gasteiger partial charge in [0.15, 0.2) is 6.04 Å². The number of ether oxygens (including phenoxy) is 3. The Morgan fingerprint density at radius 3 is 1.56 bits per heavy atom. The Kier molecular flexibility index (Phi) is 9.86. The van der Waals surface area contributed by atoms with Gasteiger partial charge in [-0.3, -0.25) is 0 Å². The fourth-order valence-corrected chi connectivity index (χ4v) is 3.62. The van der Waals surface area contributed by atoms with Gasteiger partial charge in [-0.1, -0.05) is 35.5 Å². The second-order valence-corrected chi connectivity index (χ2v) is 9.70. The summed E-state index contributed by atoms with van der Waals surface area (Å²) in [6.07, 6.45) is 10.1. The SMILES string of the molecule is C#Cc1ccc(C#Cc2cc(C(NC(=O)OC(C)(C)C)C(=O)OC)cc(C#Cc3ccc(C#C)cc3)c2OC)cc1. The maximum atomic E-state index is 12.8. The maximum Gasteiger partial charge on any atom is 0.408 e. The minimum absolute atomic E-state index is 0.377. The third-order valence-electron chi connectivity index (χ3n) is 5.53. The normalized spacial score (nSPS) is 10.7. The van der Waals surface area contributed by atoms with Gasteiger partial charge in [0, 0.05) is 22.3 Å². The number of rotatable bonds is 4. The van der Waals surface area contributed by atoms with Gasteiger partial charge in [-0.05, 0) is 87.0 Å². The van der Waals surface area contributed by atoms with Crippen molar-refractivity contribution in [2.45, 2.75) is 32.4 Å². The summed E-state index contributed by atoms with van der Waals surface area (Å²) in [6, 6.07) is 16.5. The first-order valence-corrected chi connectivity index (χ1v) is 12.5. The van der Waals surface area contributed by atoms with E-state index in [1.807, 2.05) is 0 Å². The molecule has 0 bridgehead atoms. The Labute approximate surface area is 241 Å². The molecule has 0 saturated heterocycles. The Bertz CT molecular complexity index is 1540. The molecule has 1 N–H and O–H groups in total. The molecule has 0 aromatic heterocycles. The van der Waals surface area contributed by atoms with Crippen molar-refractivity contribution in [2.75, 3.05) is 14.2 Å². The van der Waals surface area contributed by atoms with Gasteiger partial charge in [0.25, 0.3) is 0 Å². The minimum Gasteiger partial charge on any atom is -0.494 e. The smallest absolute Gasteiger partial charge is 0.408 e. The zero-order chi connectivity index (χ0) is 30.0. The van der Waals surface area contributed by atoms with Crippen LogP contribution in [0.5, 0.6) is 5.75 Å². The predicted octanol–water partition coefficient (Wildman–Crippen LogP) is 5.20. The third kappa shape index (κ3) is 8.46. The number of hydrogen-bond acceptors (Lipinski definition) is 5. The van der Waals surface area contributed by atoms with Gasteiger partial charge in [-0.15, -0.1) is 12.8 Å². The zero-order valence-corrected chi connectivity index (χ0v) is 23.5. The molecule has 41 heavy (non-hydrogen) atoms. The Morgan fingerprint density at radius 2 is 1.20 bits per heavy atom. The van der Waals surface area contributed by atoms with Crippen LogP contribution in [0.15, 0.2) is 60.7 Å². The number of terminal acetylenes is 2. The molecule has 0 heterocycles. The van der Waals surface area contributed by atoms with Crippen molar-refractivity contribution in [2.24, 2.45) is 0 Å². The van der Waals surface area contributed by atoms with Crippen molar-refractivity contribution < 1.29 is 23.8 Å². The second-order valence-electron chi connectivity index (χ2n) is 9.70. The summed E-state index contributed by atoms with van der Waals surface area (Å²) in [5.41, 5.74) is 3.39. The number of methoxy groups -OCH3 is 2. The first-order chi connectivity index (χ1) is 19.6. The highest BCUT2D eigenvalue weighted by Gasteiger charge is 2.28. The molecule has 3 aromatic carbocycles. The fourth-order valence-electron chi connectivity index (χ4n) is 3.62. The lowest BCUT2D eigenvalue weighted by molar-refractivity contribution is -0.143. The molecule has 0 radical (unpaired) electrons. The zero-order valence-electron chi connectivity index (χ0n) is 23.5. The molecule has 6 nitrogen and oxygen atoms in total. The molecular weight excluding hydrogens is 514 g/mol. The Hall–Kier alpha value is -5.56. The van der Waals surface area contributed by atoms with Crippen LogP contribution in [0, 0.1) is 48.4 Å². The van der Waals surface area contributed by atoms with E-state index >= 15 is 0 Å². The number of esters is 1. The summed E-state index contributed by atoms with van der Waals surface area (Å²) in [5.74, 6) is 17.2. The molecular formula is C35H29NO5. The van der Waals surface area contributed by atoms with E-state index in [0.717, 1.165) is 11.1 Å². The molecule has 0 aliphatic heterocycles. The van der Waals surface area contributed by atoms with E-state index < -0.39 is 23.7 Å². The van der Waals surface area contributed by atoms with Gasteiger partial charge in [0.2, 0.25) is 0 Å². The molecule has 204 valence electrons. The lowest BCUT2D eigenvalue weighted by Crippen LogP contribution is -2.38. The van der Waals surface area contributed by atoms with Crippen molar-refractivity contribution >= 4 is 12.1 Å². The molecule has 1 amide bonds. The Balaban J connectivity index is 2.17. The summed E-state index contributed by atoms with van der Waals surface area (Å²) in [6.45, 7) is 5.17. The average Bonchev–Trinajstić information content (AvgIpc) is 2.96. The molecule has 0 saturated carbocycles. The summed E-state index contributed by atoms with van der Waals surface area (Å²) in [7, 11) is 2.74. The topological polar surface area (TPSA) is 73.9 Å². The molecule has 1 unspecified atom stereocenters. The number of amides is 1. The molecule has 3 aromatic rings. The van der Waals surface area contributed by atoms with E-state index in [9.17, 15) is 9.59 Å². The van der Waals surface area contributed by atoms with Crippen molar-refractivity contribution in [3.05, 3.63) is 99.6 Å². The second kappa shape index (κ2) is 13.5. The van der Waals surface area contributed by atoms with Crippen LogP contribution in [0.4, 0.5) is 4.79 Å². The molecule has 6 heteroatoms. The van der Waals surface area contributed by atoms with E-state index in [0.29, 0.717) is 33.6 Å². The van der Waals surface area contributed by atoms with E-state index in [4.69, 9.17) is 27.1 Å². The van der Waals surface area contributed by atoms with Crippen LogP contribution < -0.4 is 10.1 Å². The number of nitrogens with one attached hydrogen (secondary N) is 1. The molecule has 0 fully saturated rings. The van der Waals surface area contributed by atoms with Crippen LogP contribution in [0.3, 0.4) is 0 Å². The molecule has 0 spiro atoms. The van der Waals surface area contributed by atoms with Gasteiger partial charge in [-0.25, -0.2) is 9.59 Å². The van der Waals surface area contributed by atoms with Crippen LogP contribution in [-0.4, -0.2) is 31.9 Å². The van der Waals surface area contributed by atoms with Crippen molar-refractivity contribution in [3.8, 4) is 54.1 Å². The van der Waals surface area contributed by atoms with Crippen LogP contribution in [-0.2, 0) is 14.3 Å². The van der Waals surface area contributed by atoms with Crippen molar-refractivity contribution in [1.82, 2.24) is 5.32 Å². The standard InChI is InChI=1S/C35H29NO5/c1-8-24-10-14-26(15-11-24)18-20-28-22-30(31(33(37)40-7)36-34(38)41-35(3,4)5)23-29(32(28)39-6)21-19-27-16-12-25(9-2)13-17-27/h1-2,10-17,22-23,31H,3-7H3,(H,36,38). The first-order valence-electron chi connectivity index (χ1n) is 12.5.